The molecule has 0 aliphatic carbocycles. The summed E-state index contributed by atoms with van der Waals surface area (Å²) in [7, 11) is 0. The predicted molar refractivity (Wildman–Crippen MR) is 280 cm³/mol. The van der Waals surface area contributed by atoms with Crippen molar-refractivity contribution in [2.45, 2.75) is 313 Å². The molecule has 2 fully saturated rings. The van der Waals surface area contributed by atoms with Crippen LogP contribution in [-0.2, 0) is 33.2 Å². The van der Waals surface area contributed by atoms with Gasteiger partial charge in [0.2, 0.25) is 0 Å². The van der Waals surface area contributed by atoms with Crippen molar-refractivity contribution >= 4 is 5.97 Å². The van der Waals surface area contributed by atoms with Crippen LogP contribution in [-0.4, -0.2) is 142 Å². The number of esters is 1. The van der Waals surface area contributed by atoms with Crippen molar-refractivity contribution in [3.8, 4) is 0 Å². The molecule has 11 unspecified atom stereocenters. The Balaban J connectivity index is 1.71. The highest BCUT2D eigenvalue weighted by Gasteiger charge is 2.47. The minimum Gasteiger partial charge on any atom is -0.457 e. The van der Waals surface area contributed by atoms with E-state index in [9.17, 15) is 40.5 Å². The normalized spacial score (nSPS) is 25.3. The summed E-state index contributed by atoms with van der Waals surface area (Å²) in [6.07, 6.45) is 32.7. The number of ether oxygens (including phenoxy) is 6. The quantitative estimate of drug-likeness (QED) is 0.0172. The van der Waals surface area contributed by atoms with Gasteiger partial charge in [-0.3, -0.25) is 4.79 Å². The van der Waals surface area contributed by atoms with E-state index >= 15 is 0 Å². The Morgan fingerprint density at radius 1 is 0.451 bits per heavy atom. The first-order valence-corrected chi connectivity index (χ1v) is 29.3. The minimum absolute atomic E-state index is 0.0633. The number of carbonyl (C=O) groups excluding carboxylic acids is 1. The fourth-order valence-corrected chi connectivity index (χ4v) is 9.52. The molecule has 0 bridgehead atoms. The summed E-state index contributed by atoms with van der Waals surface area (Å²) >= 11 is 0. The number of carbonyl (C=O) groups is 1. The van der Waals surface area contributed by atoms with Gasteiger partial charge in [-0.05, 0) is 38.5 Å². The zero-order chi connectivity index (χ0) is 51.6. The van der Waals surface area contributed by atoms with Crippen LogP contribution in [0.15, 0.2) is 12.2 Å². The van der Waals surface area contributed by atoms with Crippen LogP contribution in [0.25, 0.3) is 0 Å². The summed E-state index contributed by atoms with van der Waals surface area (Å²) < 4.78 is 34.4. The Morgan fingerprint density at radius 3 is 1.28 bits per heavy atom. The van der Waals surface area contributed by atoms with Crippen molar-refractivity contribution in [2.24, 2.45) is 0 Å². The van der Waals surface area contributed by atoms with Crippen molar-refractivity contribution in [3.05, 3.63) is 12.2 Å². The maximum atomic E-state index is 13.1. The smallest absolute Gasteiger partial charge is 0.306 e. The molecule has 2 rings (SSSR count). The average Bonchev–Trinajstić information content (AvgIpc) is 3.37. The third-order valence-electron chi connectivity index (χ3n) is 14.3. The lowest BCUT2D eigenvalue weighted by Gasteiger charge is -2.42. The lowest BCUT2D eigenvalue weighted by Crippen LogP contribution is -2.61. The molecule has 420 valence electrons. The maximum absolute atomic E-state index is 13.1. The fraction of sp³-hybridized carbons (Fsp3) is 0.947. The number of hydrogen-bond acceptors (Lipinski definition) is 14. The molecule has 0 amide bonds. The second-order valence-corrected chi connectivity index (χ2v) is 20.8. The molecule has 2 heterocycles. The molecule has 2 aliphatic rings. The van der Waals surface area contributed by atoms with Crippen LogP contribution in [0.4, 0.5) is 0 Å². The summed E-state index contributed by atoms with van der Waals surface area (Å²) in [6.45, 7) is 3.73. The van der Waals surface area contributed by atoms with E-state index in [-0.39, 0.29) is 25.6 Å². The monoisotopic (exact) mass is 1020 g/mol. The third kappa shape index (κ3) is 32.0. The summed E-state index contributed by atoms with van der Waals surface area (Å²) in [4.78, 5) is 13.1. The number of aliphatic hydroxyl groups is 7. The van der Waals surface area contributed by atoms with Crippen molar-refractivity contribution in [2.75, 3.05) is 33.0 Å². The summed E-state index contributed by atoms with van der Waals surface area (Å²) in [5.41, 5.74) is 0. The number of hydrogen-bond donors (Lipinski definition) is 7. The molecule has 0 radical (unpaired) electrons. The molecule has 11 atom stereocenters. The van der Waals surface area contributed by atoms with Gasteiger partial charge in [0.15, 0.2) is 12.6 Å². The molecule has 0 aromatic carbocycles. The third-order valence-corrected chi connectivity index (χ3v) is 14.3. The van der Waals surface area contributed by atoms with Gasteiger partial charge in [-0.1, -0.05) is 212 Å². The first-order valence-electron chi connectivity index (χ1n) is 29.3. The first kappa shape index (κ1) is 65.8. The van der Waals surface area contributed by atoms with Gasteiger partial charge < -0.3 is 64.2 Å². The van der Waals surface area contributed by atoms with Crippen LogP contribution in [0, 0.1) is 0 Å². The van der Waals surface area contributed by atoms with Crippen molar-refractivity contribution in [3.63, 3.8) is 0 Å². The summed E-state index contributed by atoms with van der Waals surface area (Å²) in [6, 6.07) is 0. The molecule has 2 aliphatic heterocycles. The molecule has 7 N–H and O–H groups in total. The number of rotatable bonds is 48. The van der Waals surface area contributed by atoms with E-state index in [2.05, 4.69) is 26.0 Å². The van der Waals surface area contributed by atoms with E-state index in [0.717, 1.165) is 44.9 Å². The van der Waals surface area contributed by atoms with E-state index in [1.807, 2.05) is 0 Å². The molecule has 0 spiro atoms. The largest absolute Gasteiger partial charge is 0.457 e. The highest BCUT2D eigenvalue weighted by molar-refractivity contribution is 5.69. The average molecular weight is 1020 g/mol. The van der Waals surface area contributed by atoms with Gasteiger partial charge in [0.05, 0.1) is 26.4 Å². The second-order valence-electron chi connectivity index (χ2n) is 20.8. The number of aliphatic hydroxyl groups excluding tert-OH is 7. The number of unbranched alkanes of at least 4 members (excludes halogenated alkanes) is 32. The molecule has 71 heavy (non-hydrogen) atoms. The van der Waals surface area contributed by atoms with Gasteiger partial charge in [-0.15, -0.1) is 0 Å². The Kier molecular flexibility index (Phi) is 41.7. The second kappa shape index (κ2) is 45.0. The Morgan fingerprint density at radius 2 is 0.831 bits per heavy atom. The Hall–Kier alpha value is -1.27. The van der Waals surface area contributed by atoms with Gasteiger partial charge in [0.1, 0.15) is 54.9 Å². The van der Waals surface area contributed by atoms with Crippen LogP contribution in [0.5, 0.6) is 0 Å². The Labute approximate surface area is 431 Å². The molecule has 14 heteroatoms. The van der Waals surface area contributed by atoms with Crippen molar-refractivity contribution in [1.82, 2.24) is 0 Å². The highest BCUT2D eigenvalue weighted by Crippen LogP contribution is 2.27. The van der Waals surface area contributed by atoms with E-state index < -0.39 is 80.7 Å². The lowest BCUT2D eigenvalue weighted by molar-refractivity contribution is -0.332. The summed E-state index contributed by atoms with van der Waals surface area (Å²) in [5, 5.41) is 72.3. The summed E-state index contributed by atoms with van der Waals surface area (Å²) in [5.74, 6) is -0.372. The van der Waals surface area contributed by atoms with Gasteiger partial charge >= 0.3 is 5.97 Å². The van der Waals surface area contributed by atoms with Crippen LogP contribution in [0.3, 0.4) is 0 Å². The van der Waals surface area contributed by atoms with Crippen LogP contribution in [0.2, 0.25) is 0 Å². The standard InChI is InChI=1S/C57H108O14/c1-3-5-7-9-11-13-15-17-19-21-22-23-24-26-28-30-32-34-36-38-40-49(59)69-46(43-66-41-39-37-35-33-31-29-27-25-20-18-16-14-12-10-8-6-4-2)44-67-56-55(65)53(63)51(61)48(71-56)45-68-57-54(64)52(62)50(60)47(42-58)70-57/h20,25,46-48,50-58,60-65H,3-19,21-24,26-45H2,1-2H3/b25-20-. The molecule has 14 nitrogen and oxygen atoms in total. The van der Waals surface area contributed by atoms with E-state index in [1.54, 1.807) is 0 Å². The maximum Gasteiger partial charge on any atom is 0.306 e. The van der Waals surface area contributed by atoms with E-state index in [0.29, 0.717) is 13.0 Å². The topological polar surface area (TPSA) is 214 Å². The van der Waals surface area contributed by atoms with Gasteiger partial charge in [0.25, 0.3) is 0 Å². The van der Waals surface area contributed by atoms with Gasteiger partial charge in [-0.2, -0.15) is 0 Å². The van der Waals surface area contributed by atoms with Crippen molar-refractivity contribution in [1.29, 1.82) is 0 Å². The van der Waals surface area contributed by atoms with Crippen LogP contribution < -0.4 is 0 Å². The predicted octanol–water partition coefficient (Wildman–Crippen LogP) is 10.2. The molecule has 0 aromatic rings. The number of allylic oxidation sites excluding steroid dienone is 2. The van der Waals surface area contributed by atoms with Crippen LogP contribution in [0.1, 0.15) is 245 Å². The Bertz CT molecular complexity index is 1230. The van der Waals surface area contributed by atoms with Gasteiger partial charge in [-0.25, -0.2) is 0 Å². The van der Waals surface area contributed by atoms with E-state index in [4.69, 9.17) is 28.4 Å². The SMILES string of the molecule is CCCCCCCCC/C=C\CCCCCCCCOCC(COC1OC(COC2OC(CO)C(O)C(O)C2O)C(O)C(O)C1O)OC(=O)CCCCCCCCCCCCCCCCCCCCCC. The van der Waals surface area contributed by atoms with Gasteiger partial charge in [0, 0.05) is 13.0 Å². The lowest BCUT2D eigenvalue weighted by atomic mass is 9.98. The molecular formula is C57H108O14. The molecular weight excluding hydrogens is 909 g/mol. The zero-order valence-electron chi connectivity index (χ0n) is 45.0. The first-order chi connectivity index (χ1) is 34.6. The highest BCUT2D eigenvalue weighted by atomic mass is 16.7. The van der Waals surface area contributed by atoms with E-state index in [1.165, 1.54) is 173 Å². The minimum atomic E-state index is -1.70. The molecule has 0 aromatic heterocycles. The van der Waals surface area contributed by atoms with Crippen molar-refractivity contribution < 1.29 is 69.0 Å². The van der Waals surface area contributed by atoms with Crippen LogP contribution >= 0.6 is 0 Å². The molecule has 0 saturated carbocycles. The zero-order valence-corrected chi connectivity index (χ0v) is 45.0. The fourth-order valence-electron chi connectivity index (χ4n) is 9.52. The molecule has 2 saturated heterocycles.